The van der Waals surface area contributed by atoms with Crippen LogP contribution in [0, 0.1) is 20.8 Å². The lowest BCUT2D eigenvalue weighted by molar-refractivity contribution is -0.139. The number of nitrogens with one attached hydrogen (secondary N) is 2. The van der Waals surface area contributed by atoms with Gasteiger partial charge in [0.05, 0.1) is 48.5 Å². The van der Waals surface area contributed by atoms with Crippen LogP contribution in [0.2, 0.25) is 0 Å². The summed E-state index contributed by atoms with van der Waals surface area (Å²) in [4.78, 5) is 29.2. The molecule has 0 unspecified atom stereocenters. The fraction of sp³-hybridized carbons (Fsp3) is 0.292. The van der Waals surface area contributed by atoms with E-state index in [1.807, 2.05) is 51.1 Å². The summed E-state index contributed by atoms with van der Waals surface area (Å²) < 4.78 is 10.1. The lowest BCUT2D eigenvalue weighted by atomic mass is 10.1. The van der Waals surface area contributed by atoms with Crippen LogP contribution in [0.3, 0.4) is 0 Å². The number of carbonyl (C=O) groups excluding carboxylic acids is 2. The number of esters is 1. The topological polar surface area (TPSA) is 89.0 Å². The van der Waals surface area contributed by atoms with Gasteiger partial charge in [-0.15, -0.1) is 0 Å². The largest absolute Gasteiger partial charge is 0.495 e. The van der Waals surface area contributed by atoms with E-state index in [1.54, 1.807) is 13.2 Å². The number of methoxy groups -OCH3 is 2. The molecular formula is C24H27N3O4S. The predicted molar refractivity (Wildman–Crippen MR) is 130 cm³/mol. The number of amides is 1. The molecule has 3 rings (SSSR count). The first-order chi connectivity index (χ1) is 15.3. The highest BCUT2D eigenvalue weighted by molar-refractivity contribution is 8.14. The molecule has 8 heteroatoms. The second-order valence-corrected chi connectivity index (χ2v) is 8.49. The van der Waals surface area contributed by atoms with Crippen molar-refractivity contribution in [3.05, 3.63) is 58.8 Å². The molecule has 0 saturated heterocycles. The van der Waals surface area contributed by atoms with Gasteiger partial charge in [-0.1, -0.05) is 17.8 Å². The lowest BCUT2D eigenvalue weighted by Gasteiger charge is -2.12. The van der Waals surface area contributed by atoms with Gasteiger partial charge in [0, 0.05) is 5.70 Å². The van der Waals surface area contributed by atoms with Gasteiger partial charge in [-0.3, -0.25) is 9.59 Å². The van der Waals surface area contributed by atoms with E-state index in [-0.39, 0.29) is 24.1 Å². The second-order valence-electron chi connectivity index (χ2n) is 7.49. The number of thioether (sulfide) groups is 1. The van der Waals surface area contributed by atoms with E-state index < -0.39 is 0 Å². The van der Waals surface area contributed by atoms with Crippen LogP contribution in [0.5, 0.6) is 5.75 Å². The zero-order valence-electron chi connectivity index (χ0n) is 18.9. The zero-order valence-corrected chi connectivity index (χ0v) is 19.7. The summed E-state index contributed by atoms with van der Waals surface area (Å²) in [5.41, 5.74) is 6.10. The lowest BCUT2D eigenvalue weighted by Crippen LogP contribution is -2.16. The number of hydrogen-bond donors (Lipinski definition) is 2. The van der Waals surface area contributed by atoms with Crippen LogP contribution in [0.1, 0.15) is 23.1 Å². The molecule has 0 saturated carbocycles. The number of aliphatic imine (C=N–C) groups is 1. The first-order valence-corrected chi connectivity index (χ1v) is 11.1. The van der Waals surface area contributed by atoms with Crippen LogP contribution in [0.25, 0.3) is 0 Å². The molecule has 32 heavy (non-hydrogen) atoms. The fourth-order valence-corrected chi connectivity index (χ4v) is 3.88. The molecule has 1 heterocycles. The first-order valence-electron chi connectivity index (χ1n) is 10.1. The highest BCUT2D eigenvalue weighted by Crippen LogP contribution is 2.34. The molecule has 1 aliphatic heterocycles. The maximum absolute atomic E-state index is 12.6. The highest BCUT2D eigenvalue weighted by Gasteiger charge is 2.17. The number of rotatable bonds is 6. The van der Waals surface area contributed by atoms with Crippen molar-refractivity contribution in [3.8, 4) is 5.75 Å². The highest BCUT2D eigenvalue weighted by atomic mass is 32.2. The number of anilines is 2. The third-order valence-electron chi connectivity index (χ3n) is 4.98. The van der Waals surface area contributed by atoms with E-state index in [0.29, 0.717) is 22.2 Å². The monoisotopic (exact) mass is 453 g/mol. The van der Waals surface area contributed by atoms with Crippen molar-refractivity contribution in [1.82, 2.24) is 0 Å². The molecule has 0 bridgehead atoms. The SMILES string of the molecule is COC(=O)CC1=CC(SCC(=O)Nc2cc(C)ccc2OC)=Nc2cc(C)c(C)cc2N1. The molecule has 0 aromatic heterocycles. The van der Waals surface area contributed by atoms with Crippen LogP contribution >= 0.6 is 11.8 Å². The summed E-state index contributed by atoms with van der Waals surface area (Å²) in [6.45, 7) is 6.00. The Labute approximate surface area is 192 Å². The molecule has 0 fully saturated rings. The number of aryl methyl sites for hydroxylation is 3. The minimum absolute atomic E-state index is 0.0785. The van der Waals surface area contributed by atoms with Gasteiger partial charge in [-0.2, -0.15) is 0 Å². The molecule has 0 spiro atoms. The molecule has 7 nitrogen and oxygen atoms in total. The van der Waals surface area contributed by atoms with E-state index in [4.69, 9.17) is 14.5 Å². The Balaban J connectivity index is 1.80. The van der Waals surface area contributed by atoms with E-state index >= 15 is 0 Å². The Kier molecular flexibility index (Phi) is 7.58. The molecular weight excluding hydrogens is 426 g/mol. The van der Waals surface area contributed by atoms with Crippen molar-refractivity contribution >= 4 is 45.7 Å². The Morgan fingerprint density at radius 3 is 2.56 bits per heavy atom. The number of ether oxygens (including phenoxy) is 2. The smallest absolute Gasteiger partial charge is 0.311 e. The number of hydrogen-bond acceptors (Lipinski definition) is 7. The van der Waals surface area contributed by atoms with Gasteiger partial charge in [0.1, 0.15) is 5.75 Å². The van der Waals surface area contributed by atoms with Crippen molar-refractivity contribution in [2.45, 2.75) is 27.2 Å². The van der Waals surface area contributed by atoms with Crippen LogP contribution < -0.4 is 15.4 Å². The average Bonchev–Trinajstić information content (AvgIpc) is 2.91. The Morgan fingerprint density at radius 1 is 1.09 bits per heavy atom. The van der Waals surface area contributed by atoms with Crippen LogP contribution in [0.15, 0.2) is 47.1 Å². The van der Waals surface area contributed by atoms with E-state index in [2.05, 4.69) is 10.6 Å². The molecule has 0 radical (unpaired) electrons. The fourth-order valence-electron chi connectivity index (χ4n) is 3.14. The van der Waals surface area contributed by atoms with Gasteiger partial charge < -0.3 is 20.1 Å². The van der Waals surface area contributed by atoms with Crippen molar-refractivity contribution in [2.24, 2.45) is 4.99 Å². The zero-order chi connectivity index (χ0) is 23.3. The quantitative estimate of drug-likeness (QED) is 0.605. The van der Waals surface area contributed by atoms with Gasteiger partial charge in [-0.25, -0.2) is 4.99 Å². The summed E-state index contributed by atoms with van der Waals surface area (Å²) in [5, 5.41) is 6.81. The maximum atomic E-state index is 12.6. The molecule has 2 N–H and O–H groups in total. The third-order valence-corrected chi connectivity index (χ3v) is 5.89. The van der Waals surface area contributed by atoms with E-state index in [9.17, 15) is 9.59 Å². The van der Waals surface area contributed by atoms with E-state index in [1.165, 1.54) is 18.9 Å². The van der Waals surface area contributed by atoms with Crippen molar-refractivity contribution in [1.29, 1.82) is 0 Å². The van der Waals surface area contributed by atoms with Crippen molar-refractivity contribution in [2.75, 3.05) is 30.6 Å². The molecule has 1 aliphatic rings. The number of carbonyl (C=O) groups is 2. The average molecular weight is 454 g/mol. The Hall–Kier alpha value is -3.26. The summed E-state index contributed by atoms with van der Waals surface area (Å²) in [5.74, 6) is 0.217. The second kappa shape index (κ2) is 10.4. The number of fused-ring (bicyclic) bond motifs is 1. The molecule has 1 amide bonds. The Morgan fingerprint density at radius 2 is 1.84 bits per heavy atom. The van der Waals surface area contributed by atoms with Crippen molar-refractivity contribution < 1.29 is 19.1 Å². The summed E-state index contributed by atoms with van der Waals surface area (Å²) in [7, 11) is 2.92. The molecule has 0 atom stereocenters. The third kappa shape index (κ3) is 5.91. The van der Waals surface area contributed by atoms with Gasteiger partial charge in [0.2, 0.25) is 5.91 Å². The maximum Gasteiger partial charge on any atom is 0.311 e. The van der Waals surface area contributed by atoms with Crippen LogP contribution in [-0.2, 0) is 14.3 Å². The number of benzene rings is 2. The molecule has 2 aromatic rings. The summed E-state index contributed by atoms with van der Waals surface area (Å²) >= 11 is 1.30. The summed E-state index contributed by atoms with van der Waals surface area (Å²) in [6.07, 6.45) is 1.86. The van der Waals surface area contributed by atoms with Crippen molar-refractivity contribution in [3.63, 3.8) is 0 Å². The first kappa shape index (κ1) is 23.4. The van der Waals surface area contributed by atoms with E-state index in [0.717, 1.165) is 28.1 Å². The summed E-state index contributed by atoms with van der Waals surface area (Å²) in [6, 6.07) is 9.60. The van der Waals surface area contributed by atoms with Gasteiger partial charge in [-0.05, 0) is 67.8 Å². The standard InChI is InChI=1S/C24H27N3O4S/c1-14-6-7-21(30-4)20(8-14)26-22(28)13-32-23-11-17(12-24(29)31-5)25-18-9-15(2)16(3)10-19(18)27-23/h6-11,25H,12-13H2,1-5H3,(H,26,28). The van der Waals surface area contributed by atoms with Gasteiger partial charge in [0.15, 0.2) is 0 Å². The predicted octanol–water partition coefficient (Wildman–Crippen LogP) is 4.89. The number of nitrogens with zero attached hydrogens (tertiary/aromatic N) is 1. The van der Waals surface area contributed by atoms with Gasteiger partial charge >= 0.3 is 5.97 Å². The Bertz CT molecular complexity index is 1110. The van der Waals surface area contributed by atoms with Gasteiger partial charge in [0.25, 0.3) is 0 Å². The van der Waals surface area contributed by atoms with Crippen LogP contribution in [-0.4, -0.2) is 36.9 Å². The minimum Gasteiger partial charge on any atom is -0.495 e. The van der Waals surface area contributed by atoms with Crippen LogP contribution in [0.4, 0.5) is 17.1 Å². The molecule has 2 aromatic carbocycles. The molecule has 168 valence electrons. The molecule has 0 aliphatic carbocycles. The minimum atomic E-state index is -0.357. The normalized spacial score (nSPS) is 12.5.